The number of benzene rings is 7. The Labute approximate surface area is 274 Å². The molecule has 5 nitrogen and oxygen atoms in total. The zero-order valence-corrected chi connectivity index (χ0v) is 25.6. The second kappa shape index (κ2) is 10.5. The predicted molar refractivity (Wildman–Crippen MR) is 194 cm³/mol. The van der Waals surface area contributed by atoms with Gasteiger partial charge in [0.15, 0.2) is 17.5 Å². The first kappa shape index (κ1) is 26.6. The van der Waals surface area contributed by atoms with E-state index >= 15 is 0 Å². The normalized spacial score (nSPS) is 11.8. The lowest BCUT2D eigenvalue weighted by atomic mass is 10.0. The molecule has 0 spiro atoms. The smallest absolute Gasteiger partial charge is 0.164 e. The number of nitrogens with zero attached hydrogens (tertiary/aromatic N) is 3. The summed E-state index contributed by atoms with van der Waals surface area (Å²) in [4.78, 5) is 15.4. The maximum absolute atomic E-state index is 6.25. The number of fused-ring (bicyclic) bond motifs is 8. The molecule has 7 aromatic carbocycles. The average molecular weight is 616 g/mol. The first-order valence-corrected chi connectivity index (χ1v) is 15.9. The van der Waals surface area contributed by atoms with Crippen LogP contribution in [-0.2, 0) is 0 Å². The van der Waals surface area contributed by atoms with Gasteiger partial charge in [0.2, 0.25) is 0 Å². The van der Waals surface area contributed by atoms with Gasteiger partial charge < -0.3 is 8.83 Å². The van der Waals surface area contributed by atoms with E-state index < -0.39 is 0 Å². The maximum Gasteiger partial charge on any atom is 0.164 e. The quantitative estimate of drug-likeness (QED) is 0.197. The number of para-hydroxylation sites is 2. The third-order valence-corrected chi connectivity index (χ3v) is 9.12. The second-order valence-electron chi connectivity index (χ2n) is 12.0. The lowest BCUT2D eigenvalue weighted by Crippen LogP contribution is -2.00. The minimum atomic E-state index is 0.587. The van der Waals surface area contributed by atoms with E-state index in [4.69, 9.17) is 23.8 Å². The van der Waals surface area contributed by atoms with Gasteiger partial charge in [0.05, 0.1) is 0 Å². The molecule has 3 heterocycles. The lowest BCUT2D eigenvalue weighted by molar-refractivity contribution is 0.668. The molecule has 0 atom stereocenters. The lowest BCUT2D eigenvalue weighted by Gasteiger charge is -2.11. The van der Waals surface area contributed by atoms with Crippen molar-refractivity contribution >= 4 is 54.6 Å². The molecule has 0 aliphatic carbocycles. The molecule has 10 aromatic rings. The fraction of sp³-hybridized carbons (Fsp3) is 0. The van der Waals surface area contributed by atoms with Crippen LogP contribution < -0.4 is 0 Å². The van der Waals surface area contributed by atoms with Crippen molar-refractivity contribution in [1.29, 1.82) is 0 Å². The molecule has 0 aliphatic heterocycles. The Bertz CT molecular complexity index is 2850. The molecular weight excluding hydrogens is 590 g/mol. The number of furan rings is 2. The summed E-state index contributed by atoms with van der Waals surface area (Å²) in [5.41, 5.74) is 8.28. The van der Waals surface area contributed by atoms with Gasteiger partial charge in [-0.2, -0.15) is 0 Å². The Morgan fingerprint density at radius 2 is 0.896 bits per heavy atom. The van der Waals surface area contributed by atoms with E-state index in [1.54, 1.807) is 0 Å². The highest BCUT2D eigenvalue weighted by Gasteiger charge is 2.19. The Morgan fingerprint density at radius 3 is 1.69 bits per heavy atom. The molecule has 48 heavy (non-hydrogen) atoms. The van der Waals surface area contributed by atoms with E-state index in [-0.39, 0.29) is 0 Å². The van der Waals surface area contributed by atoms with Gasteiger partial charge in [-0.05, 0) is 58.3 Å². The van der Waals surface area contributed by atoms with E-state index in [2.05, 4.69) is 91.0 Å². The molecule has 0 bridgehead atoms. The summed E-state index contributed by atoms with van der Waals surface area (Å²) in [5.74, 6) is 1.78. The van der Waals surface area contributed by atoms with Crippen LogP contribution in [0.5, 0.6) is 0 Å². The summed E-state index contributed by atoms with van der Waals surface area (Å²) in [6.07, 6.45) is 0. The van der Waals surface area contributed by atoms with Crippen molar-refractivity contribution in [2.24, 2.45) is 0 Å². The Balaban J connectivity index is 1.23. The summed E-state index contributed by atoms with van der Waals surface area (Å²) in [7, 11) is 0. The molecule has 5 heteroatoms. The van der Waals surface area contributed by atoms with E-state index in [0.29, 0.717) is 17.5 Å². The van der Waals surface area contributed by atoms with Gasteiger partial charge in [0.1, 0.15) is 22.3 Å². The molecule has 224 valence electrons. The molecule has 3 aromatic heterocycles. The topological polar surface area (TPSA) is 65.0 Å². The third-order valence-electron chi connectivity index (χ3n) is 9.12. The highest BCUT2D eigenvalue weighted by atomic mass is 16.3. The number of rotatable bonds is 4. The minimum absolute atomic E-state index is 0.587. The fourth-order valence-corrected chi connectivity index (χ4v) is 6.87. The van der Waals surface area contributed by atoms with Crippen molar-refractivity contribution in [2.45, 2.75) is 0 Å². The molecule has 0 aliphatic rings. The van der Waals surface area contributed by atoms with Gasteiger partial charge in [-0.1, -0.05) is 115 Å². The van der Waals surface area contributed by atoms with Gasteiger partial charge in [0.25, 0.3) is 0 Å². The number of hydrogen-bond acceptors (Lipinski definition) is 5. The summed E-state index contributed by atoms with van der Waals surface area (Å²) >= 11 is 0. The monoisotopic (exact) mass is 615 g/mol. The molecule has 0 amide bonds. The molecule has 0 fully saturated rings. The van der Waals surface area contributed by atoms with Crippen LogP contribution in [0.2, 0.25) is 0 Å². The largest absolute Gasteiger partial charge is 0.456 e. The highest BCUT2D eigenvalue weighted by molar-refractivity contribution is 6.19. The van der Waals surface area contributed by atoms with Gasteiger partial charge in [-0.15, -0.1) is 0 Å². The van der Waals surface area contributed by atoms with Crippen molar-refractivity contribution in [1.82, 2.24) is 15.0 Å². The highest BCUT2D eigenvalue weighted by Crippen LogP contribution is 2.39. The summed E-state index contributed by atoms with van der Waals surface area (Å²) in [6, 6.07) is 51.6. The first-order valence-electron chi connectivity index (χ1n) is 15.9. The van der Waals surface area contributed by atoms with Crippen LogP contribution in [0.15, 0.2) is 160 Å². The van der Waals surface area contributed by atoms with Crippen molar-refractivity contribution in [3.05, 3.63) is 152 Å². The van der Waals surface area contributed by atoms with Gasteiger partial charge >= 0.3 is 0 Å². The Kier molecular flexibility index (Phi) is 5.81. The summed E-state index contributed by atoms with van der Waals surface area (Å²) in [5, 5.41) is 6.40. The fourth-order valence-electron chi connectivity index (χ4n) is 6.87. The van der Waals surface area contributed by atoms with Crippen LogP contribution >= 0.6 is 0 Å². The van der Waals surface area contributed by atoms with E-state index in [9.17, 15) is 0 Å². The minimum Gasteiger partial charge on any atom is -0.456 e. The summed E-state index contributed by atoms with van der Waals surface area (Å²) in [6.45, 7) is 0. The van der Waals surface area contributed by atoms with E-state index in [1.807, 2.05) is 60.7 Å². The third kappa shape index (κ3) is 4.22. The van der Waals surface area contributed by atoms with Crippen LogP contribution in [0, 0.1) is 0 Å². The predicted octanol–water partition coefficient (Wildman–Crippen LogP) is 11.5. The zero-order valence-electron chi connectivity index (χ0n) is 25.6. The van der Waals surface area contributed by atoms with Gasteiger partial charge in [-0.25, -0.2) is 15.0 Å². The standard InChI is InChI=1S/C43H25N3O2/c1-2-10-26(11-3-1)28-12-8-13-29(24-28)41-44-42(46-43(45-41)33-16-9-19-37-39(33)31-14-4-6-17-35(31)47-37)30-21-20-27-22-23-38-40(34(27)25-30)32-15-5-7-18-36(32)48-38/h1-25H. The van der Waals surface area contributed by atoms with Gasteiger partial charge in [-0.3, -0.25) is 0 Å². The van der Waals surface area contributed by atoms with Crippen LogP contribution in [0.25, 0.3) is 99.9 Å². The van der Waals surface area contributed by atoms with Crippen molar-refractivity contribution in [3.63, 3.8) is 0 Å². The summed E-state index contributed by atoms with van der Waals surface area (Å²) < 4.78 is 12.5. The number of hydrogen-bond donors (Lipinski definition) is 0. The molecule has 10 rings (SSSR count). The first-order chi connectivity index (χ1) is 23.8. The average Bonchev–Trinajstić information content (AvgIpc) is 3.74. The molecule has 0 unspecified atom stereocenters. The number of aromatic nitrogens is 3. The SMILES string of the molecule is c1ccc(-c2cccc(-c3nc(-c4ccc5ccc6oc7ccccc7c6c5c4)nc(-c4cccc5oc6ccccc6c45)n3)c2)cc1. The molecule has 0 saturated carbocycles. The molecular formula is C43H25N3O2. The van der Waals surface area contributed by atoms with Crippen LogP contribution in [-0.4, -0.2) is 15.0 Å². The molecule has 0 N–H and O–H groups in total. The molecule has 0 radical (unpaired) electrons. The van der Waals surface area contributed by atoms with Crippen molar-refractivity contribution in [3.8, 4) is 45.3 Å². The van der Waals surface area contributed by atoms with Crippen molar-refractivity contribution < 1.29 is 8.83 Å². The van der Waals surface area contributed by atoms with Crippen molar-refractivity contribution in [2.75, 3.05) is 0 Å². The Morgan fingerprint density at radius 1 is 0.333 bits per heavy atom. The van der Waals surface area contributed by atoms with Crippen LogP contribution in [0.4, 0.5) is 0 Å². The Hall–Kier alpha value is -6.59. The van der Waals surface area contributed by atoms with Gasteiger partial charge in [0, 0.05) is 38.2 Å². The second-order valence-corrected chi connectivity index (χ2v) is 12.0. The maximum atomic E-state index is 6.25. The van der Waals surface area contributed by atoms with Crippen LogP contribution in [0.3, 0.4) is 0 Å². The van der Waals surface area contributed by atoms with Crippen LogP contribution in [0.1, 0.15) is 0 Å². The molecule has 0 saturated heterocycles. The van der Waals surface area contributed by atoms with E-state index in [1.165, 1.54) is 0 Å². The zero-order chi connectivity index (χ0) is 31.6. The van der Waals surface area contributed by atoms with E-state index in [0.717, 1.165) is 82.5 Å².